The second kappa shape index (κ2) is 5.69. The van der Waals surface area contributed by atoms with E-state index in [2.05, 4.69) is 26.1 Å². The first-order valence-corrected chi connectivity index (χ1v) is 5.13. The average Bonchev–Trinajstić information content (AvgIpc) is 1.92. The van der Waals surface area contributed by atoms with Crippen LogP contribution in [-0.4, -0.2) is 25.7 Å². The molecule has 0 aromatic heterocycles. The lowest BCUT2D eigenvalue weighted by atomic mass is 9.99. The third kappa shape index (κ3) is 11.9. The number of nitrogens with one attached hydrogen (secondary N) is 1. The smallest absolute Gasteiger partial charge is 0.0989 e. The Morgan fingerprint density at radius 1 is 0.929 bits per heavy atom. The fourth-order valence-corrected chi connectivity index (χ4v) is 0.739. The van der Waals surface area contributed by atoms with Gasteiger partial charge in [0.05, 0.1) is 25.7 Å². The van der Waals surface area contributed by atoms with E-state index in [1.165, 1.54) is 0 Å². The van der Waals surface area contributed by atoms with Crippen LogP contribution in [0.5, 0.6) is 0 Å². The zero-order valence-corrected chi connectivity index (χ0v) is 10.4. The predicted octanol–water partition coefficient (Wildman–Crippen LogP) is 2.37. The summed E-state index contributed by atoms with van der Waals surface area (Å²) in [6.07, 6.45) is 0. The van der Waals surface area contributed by atoms with Gasteiger partial charge in [0.25, 0.3) is 0 Å². The van der Waals surface area contributed by atoms with Crippen molar-refractivity contribution in [1.29, 1.82) is 0 Å². The van der Waals surface area contributed by atoms with Gasteiger partial charge in [-0.15, -0.1) is 0 Å². The molecular formula is C11H25NO2. The molecular weight excluding hydrogens is 178 g/mol. The molecule has 0 saturated heterocycles. The number of hydrogen-bond acceptors (Lipinski definition) is 3. The molecule has 0 amide bonds. The minimum Gasteiger partial charge on any atom is -0.366 e. The van der Waals surface area contributed by atoms with Crippen LogP contribution >= 0.6 is 0 Å². The third-order valence-electron chi connectivity index (χ3n) is 1.35. The summed E-state index contributed by atoms with van der Waals surface area (Å²) < 4.78 is 10.9. The van der Waals surface area contributed by atoms with E-state index in [0.717, 1.165) is 6.61 Å². The molecule has 3 nitrogen and oxygen atoms in total. The maximum atomic E-state index is 5.47. The summed E-state index contributed by atoms with van der Waals surface area (Å²) in [7, 11) is 0. The van der Waals surface area contributed by atoms with E-state index < -0.39 is 0 Å². The van der Waals surface area contributed by atoms with Crippen LogP contribution in [0.4, 0.5) is 0 Å². The first-order chi connectivity index (χ1) is 6.21. The Morgan fingerprint density at radius 2 is 1.50 bits per heavy atom. The summed E-state index contributed by atoms with van der Waals surface area (Å²) in [5.74, 6) is 0. The van der Waals surface area contributed by atoms with Gasteiger partial charge in [-0.3, -0.25) is 5.32 Å². The molecule has 0 rings (SSSR count). The summed E-state index contributed by atoms with van der Waals surface area (Å²) in [4.78, 5) is 0. The van der Waals surface area contributed by atoms with Gasteiger partial charge in [-0.25, -0.2) is 0 Å². The Balaban J connectivity index is 3.23. The molecule has 0 fully saturated rings. The molecule has 0 atom stereocenters. The molecule has 0 aliphatic heterocycles. The molecule has 14 heavy (non-hydrogen) atoms. The largest absolute Gasteiger partial charge is 0.366 e. The van der Waals surface area contributed by atoms with Crippen molar-refractivity contribution in [2.75, 3.05) is 20.1 Å². The van der Waals surface area contributed by atoms with E-state index in [9.17, 15) is 0 Å². The molecule has 0 spiro atoms. The summed E-state index contributed by atoms with van der Waals surface area (Å²) in [5.41, 5.74) is 0.142. The van der Waals surface area contributed by atoms with E-state index in [1.54, 1.807) is 0 Å². The predicted molar refractivity (Wildman–Crippen MR) is 59.1 cm³/mol. The Hall–Kier alpha value is -0.120. The minimum atomic E-state index is -0.0863. The zero-order valence-electron chi connectivity index (χ0n) is 10.4. The molecule has 1 N–H and O–H groups in total. The van der Waals surface area contributed by atoms with Crippen LogP contribution in [-0.2, 0) is 9.47 Å². The van der Waals surface area contributed by atoms with Crippen LogP contribution in [0, 0.1) is 5.41 Å². The summed E-state index contributed by atoms with van der Waals surface area (Å²) in [5, 5.41) is 3.07. The number of rotatable bonds is 5. The fourth-order valence-electron chi connectivity index (χ4n) is 0.739. The summed E-state index contributed by atoms with van der Waals surface area (Å²) in [6, 6.07) is 0. The Kier molecular flexibility index (Phi) is 5.64. The van der Waals surface area contributed by atoms with Crippen LogP contribution in [0.25, 0.3) is 0 Å². The van der Waals surface area contributed by atoms with Crippen LogP contribution in [0.2, 0.25) is 0 Å². The highest BCUT2D eigenvalue weighted by Crippen LogP contribution is 2.12. The molecule has 3 heteroatoms. The van der Waals surface area contributed by atoms with Gasteiger partial charge in [0.2, 0.25) is 0 Å². The fraction of sp³-hybridized carbons (Fsp3) is 1.00. The van der Waals surface area contributed by atoms with Gasteiger partial charge in [-0.2, -0.15) is 0 Å². The van der Waals surface area contributed by atoms with Gasteiger partial charge in [0.1, 0.15) is 0 Å². The van der Waals surface area contributed by atoms with Crippen molar-refractivity contribution in [3.8, 4) is 0 Å². The molecule has 0 aliphatic rings. The average molecular weight is 203 g/mol. The van der Waals surface area contributed by atoms with E-state index in [0.29, 0.717) is 13.5 Å². The second-order valence-electron chi connectivity index (χ2n) is 5.70. The van der Waals surface area contributed by atoms with Crippen molar-refractivity contribution in [3.05, 3.63) is 0 Å². The first kappa shape index (κ1) is 13.9. The van der Waals surface area contributed by atoms with E-state index >= 15 is 0 Å². The van der Waals surface area contributed by atoms with Crippen LogP contribution in [0.15, 0.2) is 0 Å². The monoisotopic (exact) mass is 203 g/mol. The van der Waals surface area contributed by atoms with E-state index in [4.69, 9.17) is 9.47 Å². The third-order valence-corrected chi connectivity index (χ3v) is 1.35. The topological polar surface area (TPSA) is 30.5 Å². The maximum Gasteiger partial charge on any atom is 0.0989 e. The zero-order chi connectivity index (χ0) is 11.2. The van der Waals surface area contributed by atoms with E-state index in [1.807, 2.05) is 20.8 Å². The highest BCUT2D eigenvalue weighted by molar-refractivity contribution is 4.59. The SMILES string of the molecule is CC(C)(C)COCNCOC(C)(C)C. The normalized spacial score (nSPS) is 13.3. The Labute approximate surface area is 88.2 Å². The van der Waals surface area contributed by atoms with Crippen molar-refractivity contribution in [1.82, 2.24) is 5.32 Å². The van der Waals surface area contributed by atoms with Gasteiger partial charge in [-0.1, -0.05) is 20.8 Å². The molecule has 0 bridgehead atoms. The maximum absolute atomic E-state index is 5.47. The van der Waals surface area contributed by atoms with Gasteiger partial charge in [0.15, 0.2) is 0 Å². The van der Waals surface area contributed by atoms with Crippen molar-refractivity contribution >= 4 is 0 Å². The number of ether oxygens (including phenoxy) is 2. The summed E-state index contributed by atoms with van der Waals surface area (Å²) in [6.45, 7) is 14.4. The van der Waals surface area contributed by atoms with E-state index in [-0.39, 0.29) is 11.0 Å². The highest BCUT2D eigenvalue weighted by Gasteiger charge is 2.10. The van der Waals surface area contributed by atoms with Gasteiger partial charge in [-0.05, 0) is 26.2 Å². The van der Waals surface area contributed by atoms with Gasteiger partial charge < -0.3 is 9.47 Å². The minimum absolute atomic E-state index is 0.0863. The van der Waals surface area contributed by atoms with Crippen molar-refractivity contribution < 1.29 is 9.47 Å². The van der Waals surface area contributed by atoms with Gasteiger partial charge in [0, 0.05) is 0 Å². The van der Waals surface area contributed by atoms with Gasteiger partial charge >= 0.3 is 0 Å². The van der Waals surface area contributed by atoms with Crippen molar-refractivity contribution in [3.63, 3.8) is 0 Å². The molecule has 0 unspecified atom stereocenters. The molecule has 0 saturated carbocycles. The summed E-state index contributed by atoms with van der Waals surface area (Å²) >= 11 is 0. The Morgan fingerprint density at radius 3 is 1.93 bits per heavy atom. The second-order valence-corrected chi connectivity index (χ2v) is 5.70. The lowest BCUT2D eigenvalue weighted by Gasteiger charge is -2.21. The Bertz CT molecular complexity index is 126. The standard InChI is InChI=1S/C11H25NO2/c1-10(2,3)7-13-8-12-9-14-11(4,5)6/h12H,7-9H2,1-6H3. The molecule has 0 aromatic carbocycles. The highest BCUT2D eigenvalue weighted by atomic mass is 16.5. The molecule has 0 radical (unpaired) electrons. The molecule has 0 aliphatic carbocycles. The first-order valence-electron chi connectivity index (χ1n) is 5.13. The molecule has 0 heterocycles. The quantitative estimate of drug-likeness (QED) is 0.549. The van der Waals surface area contributed by atoms with Crippen LogP contribution in [0.3, 0.4) is 0 Å². The number of hydrogen-bond donors (Lipinski definition) is 1. The van der Waals surface area contributed by atoms with Crippen molar-refractivity contribution in [2.45, 2.75) is 47.1 Å². The lowest BCUT2D eigenvalue weighted by Crippen LogP contribution is -2.30. The lowest BCUT2D eigenvalue weighted by molar-refractivity contribution is -0.0331. The molecule has 0 aromatic rings. The van der Waals surface area contributed by atoms with Crippen LogP contribution < -0.4 is 5.32 Å². The van der Waals surface area contributed by atoms with Crippen LogP contribution in [0.1, 0.15) is 41.5 Å². The molecule has 86 valence electrons. The van der Waals surface area contributed by atoms with Crippen molar-refractivity contribution in [2.24, 2.45) is 5.41 Å².